The highest BCUT2D eigenvalue weighted by atomic mass is 19.4. The summed E-state index contributed by atoms with van der Waals surface area (Å²) in [4.78, 5) is 0. The summed E-state index contributed by atoms with van der Waals surface area (Å²) in [6.45, 7) is 2.67. The molecule has 0 aliphatic heterocycles. The van der Waals surface area contributed by atoms with Crippen LogP contribution in [0, 0.1) is 0 Å². The standard InChI is InChI=1S/C15H22F3NO2/c1-11(2)21-14-7-5-4-6-12(14)13(19-3)8-9-20-10-15(16,17)18/h4-7,11,13,19H,8-10H2,1-3H3. The Morgan fingerprint density at radius 1 is 1.19 bits per heavy atom. The zero-order chi connectivity index (χ0) is 15.9. The molecule has 1 rings (SSSR count). The van der Waals surface area contributed by atoms with Gasteiger partial charge in [0.25, 0.3) is 0 Å². The lowest BCUT2D eigenvalue weighted by atomic mass is 10.0. The third kappa shape index (κ3) is 6.82. The summed E-state index contributed by atoms with van der Waals surface area (Å²) in [5.41, 5.74) is 0.921. The van der Waals surface area contributed by atoms with E-state index in [-0.39, 0.29) is 18.8 Å². The topological polar surface area (TPSA) is 30.5 Å². The van der Waals surface area contributed by atoms with Gasteiger partial charge in [0.2, 0.25) is 0 Å². The maximum Gasteiger partial charge on any atom is 0.411 e. The molecule has 0 fully saturated rings. The molecule has 0 saturated carbocycles. The van der Waals surface area contributed by atoms with Crippen LogP contribution >= 0.6 is 0 Å². The maximum atomic E-state index is 12.0. The first-order chi connectivity index (χ1) is 9.83. The Balaban J connectivity index is 2.63. The first-order valence-electron chi connectivity index (χ1n) is 6.91. The molecule has 0 bridgehead atoms. The SMILES string of the molecule is CNC(CCOCC(F)(F)F)c1ccccc1OC(C)C. The zero-order valence-electron chi connectivity index (χ0n) is 12.5. The van der Waals surface area contributed by atoms with E-state index in [0.29, 0.717) is 6.42 Å². The molecule has 1 unspecified atom stereocenters. The minimum absolute atomic E-state index is 0.0288. The van der Waals surface area contributed by atoms with Crippen LogP contribution in [0.15, 0.2) is 24.3 Å². The second-order valence-corrected chi connectivity index (χ2v) is 5.00. The molecule has 21 heavy (non-hydrogen) atoms. The average Bonchev–Trinajstić information content (AvgIpc) is 2.38. The lowest BCUT2D eigenvalue weighted by Crippen LogP contribution is -2.22. The summed E-state index contributed by atoms with van der Waals surface area (Å²) in [5.74, 6) is 0.739. The lowest BCUT2D eigenvalue weighted by Gasteiger charge is -2.21. The van der Waals surface area contributed by atoms with Crippen LogP contribution in [-0.4, -0.2) is 32.5 Å². The minimum Gasteiger partial charge on any atom is -0.491 e. The van der Waals surface area contributed by atoms with Gasteiger partial charge in [-0.15, -0.1) is 0 Å². The molecule has 3 nitrogen and oxygen atoms in total. The minimum atomic E-state index is -4.28. The van der Waals surface area contributed by atoms with Crippen molar-refractivity contribution in [2.24, 2.45) is 0 Å². The van der Waals surface area contributed by atoms with Crippen LogP contribution in [0.1, 0.15) is 31.9 Å². The van der Waals surface area contributed by atoms with Crippen molar-refractivity contribution in [1.82, 2.24) is 5.32 Å². The van der Waals surface area contributed by atoms with Gasteiger partial charge in [0.1, 0.15) is 12.4 Å². The van der Waals surface area contributed by atoms with Gasteiger partial charge < -0.3 is 14.8 Å². The Bertz CT molecular complexity index is 422. The van der Waals surface area contributed by atoms with Crippen LogP contribution in [0.25, 0.3) is 0 Å². The molecule has 1 aromatic carbocycles. The normalized spacial score (nSPS) is 13.5. The van der Waals surface area contributed by atoms with E-state index >= 15 is 0 Å². The molecule has 1 atom stereocenters. The van der Waals surface area contributed by atoms with Gasteiger partial charge in [0.05, 0.1) is 6.10 Å². The number of ether oxygens (including phenoxy) is 2. The van der Waals surface area contributed by atoms with Gasteiger partial charge in [-0.2, -0.15) is 13.2 Å². The number of halogens is 3. The van der Waals surface area contributed by atoms with Crippen molar-refractivity contribution in [2.75, 3.05) is 20.3 Å². The van der Waals surface area contributed by atoms with E-state index in [9.17, 15) is 13.2 Å². The highest BCUT2D eigenvalue weighted by Gasteiger charge is 2.27. The van der Waals surface area contributed by atoms with Crippen LogP contribution in [-0.2, 0) is 4.74 Å². The number of benzene rings is 1. The molecule has 0 radical (unpaired) electrons. The third-order valence-corrected chi connectivity index (χ3v) is 2.82. The summed E-state index contributed by atoms with van der Waals surface area (Å²) in [5, 5.41) is 3.09. The first-order valence-corrected chi connectivity index (χ1v) is 6.91. The molecule has 0 spiro atoms. The molecule has 1 N–H and O–H groups in total. The maximum absolute atomic E-state index is 12.0. The van der Waals surface area contributed by atoms with E-state index in [1.54, 1.807) is 7.05 Å². The van der Waals surface area contributed by atoms with Crippen molar-refractivity contribution < 1.29 is 22.6 Å². The molecule has 0 amide bonds. The zero-order valence-corrected chi connectivity index (χ0v) is 12.5. The van der Waals surface area contributed by atoms with E-state index in [1.807, 2.05) is 38.1 Å². The lowest BCUT2D eigenvalue weighted by molar-refractivity contribution is -0.174. The molecule has 6 heteroatoms. The van der Waals surface area contributed by atoms with Crippen molar-refractivity contribution in [1.29, 1.82) is 0 Å². The van der Waals surface area contributed by atoms with Crippen LogP contribution in [0.3, 0.4) is 0 Å². The Kier molecular flexibility index (Phi) is 6.98. The fourth-order valence-corrected chi connectivity index (χ4v) is 1.97. The van der Waals surface area contributed by atoms with Gasteiger partial charge in [0, 0.05) is 18.2 Å². The Morgan fingerprint density at radius 2 is 1.86 bits per heavy atom. The van der Waals surface area contributed by atoms with Crippen LogP contribution < -0.4 is 10.1 Å². The fraction of sp³-hybridized carbons (Fsp3) is 0.600. The summed E-state index contributed by atoms with van der Waals surface area (Å²) in [6.07, 6.45) is -3.82. The summed E-state index contributed by atoms with van der Waals surface area (Å²) >= 11 is 0. The highest BCUT2D eigenvalue weighted by Crippen LogP contribution is 2.28. The summed E-state index contributed by atoms with van der Waals surface area (Å²) in [6, 6.07) is 7.39. The van der Waals surface area contributed by atoms with E-state index < -0.39 is 12.8 Å². The van der Waals surface area contributed by atoms with Gasteiger partial charge in [-0.05, 0) is 33.4 Å². The predicted molar refractivity (Wildman–Crippen MR) is 75.5 cm³/mol. The van der Waals surface area contributed by atoms with Crippen LogP contribution in [0.5, 0.6) is 5.75 Å². The molecule has 0 aliphatic carbocycles. The van der Waals surface area contributed by atoms with Gasteiger partial charge in [-0.3, -0.25) is 0 Å². The quantitative estimate of drug-likeness (QED) is 0.743. The largest absolute Gasteiger partial charge is 0.491 e. The number of hydrogen-bond donors (Lipinski definition) is 1. The Morgan fingerprint density at radius 3 is 2.43 bits per heavy atom. The number of alkyl halides is 3. The molecular formula is C15H22F3NO2. The van der Waals surface area contributed by atoms with Gasteiger partial charge in [-0.1, -0.05) is 18.2 Å². The van der Waals surface area contributed by atoms with E-state index in [2.05, 4.69) is 10.1 Å². The number of hydrogen-bond acceptors (Lipinski definition) is 3. The van der Waals surface area contributed by atoms with E-state index in [0.717, 1.165) is 11.3 Å². The highest BCUT2D eigenvalue weighted by molar-refractivity contribution is 5.36. The van der Waals surface area contributed by atoms with Crippen molar-refractivity contribution in [2.45, 2.75) is 38.6 Å². The van der Waals surface area contributed by atoms with Gasteiger partial charge >= 0.3 is 6.18 Å². The smallest absolute Gasteiger partial charge is 0.411 e. The number of nitrogens with one attached hydrogen (secondary N) is 1. The molecule has 1 aromatic rings. The summed E-state index contributed by atoms with van der Waals surface area (Å²) in [7, 11) is 1.76. The molecule has 0 aliphatic rings. The predicted octanol–water partition coefficient (Wildman–Crippen LogP) is 3.70. The second kappa shape index (κ2) is 8.24. The van der Waals surface area contributed by atoms with Crippen LogP contribution in [0.4, 0.5) is 13.2 Å². The van der Waals surface area contributed by atoms with Crippen LogP contribution in [0.2, 0.25) is 0 Å². The molecular weight excluding hydrogens is 283 g/mol. The number of rotatable bonds is 8. The molecule has 120 valence electrons. The van der Waals surface area contributed by atoms with Gasteiger partial charge in [-0.25, -0.2) is 0 Å². The van der Waals surface area contributed by atoms with E-state index in [4.69, 9.17) is 4.74 Å². The first kappa shape index (κ1) is 17.8. The van der Waals surface area contributed by atoms with Crippen molar-refractivity contribution in [3.8, 4) is 5.75 Å². The van der Waals surface area contributed by atoms with Gasteiger partial charge in [0.15, 0.2) is 0 Å². The van der Waals surface area contributed by atoms with Crippen molar-refractivity contribution in [3.63, 3.8) is 0 Å². The van der Waals surface area contributed by atoms with Crippen molar-refractivity contribution >= 4 is 0 Å². The average molecular weight is 305 g/mol. The Labute approximate surface area is 123 Å². The molecule has 0 saturated heterocycles. The Hall–Kier alpha value is -1.27. The summed E-state index contributed by atoms with van der Waals surface area (Å²) < 4.78 is 46.5. The molecule has 0 heterocycles. The third-order valence-electron chi connectivity index (χ3n) is 2.82. The second-order valence-electron chi connectivity index (χ2n) is 5.00. The van der Waals surface area contributed by atoms with Crippen molar-refractivity contribution in [3.05, 3.63) is 29.8 Å². The van der Waals surface area contributed by atoms with E-state index in [1.165, 1.54) is 0 Å². The molecule has 0 aromatic heterocycles. The fourth-order valence-electron chi connectivity index (χ4n) is 1.97. The monoisotopic (exact) mass is 305 g/mol. The number of para-hydroxylation sites is 1.